The molecule has 0 saturated carbocycles. The van der Waals surface area contributed by atoms with Gasteiger partial charge in [-0.05, 0) is 67.1 Å². The zero-order valence-electron chi connectivity index (χ0n) is 15.7. The molecule has 28 heavy (non-hydrogen) atoms. The number of methoxy groups -OCH3 is 2. The number of carbonyl (C=O) groups is 2. The second kappa shape index (κ2) is 8.02. The van der Waals surface area contributed by atoms with Crippen LogP contribution in [0.3, 0.4) is 0 Å². The summed E-state index contributed by atoms with van der Waals surface area (Å²) in [7, 11) is -1.50. The second-order valence-corrected chi connectivity index (χ2v) is 8.21. The van der Waals surface area contributed by atoms with E-state index in [9.17, 15) is 18.0 Å². The van der Waals surface area contributed by atoms with Crippen LogP contribution < -0.4 is 4.72 Å². The van der Waals surface area contributed by atoms with Crippen molar-refractivity contribution in [2.24, 2.45) is 0 Å². The van der Waals surface area contributed by atoms with Crippen molar-refractivity contribution >= 4 is 27.6 Å². The molecule has 1 N–H and O–H groups in total. The van der Waals surface area contributed by atoms with E-state index in [0.717, 1.165) is 31.2 Å². The van der Waals surface area contributed by atoms with Crippen LogP contribution in [0.25, 0.3) is 0 Å². The van der Waals surface area contributed by atoms with Gasteiger partial charge in [-0.3, -0.25) is 4.72 Å². The van der Waals surface area contributed by atoms with Crippen molar-refractivity contribution in [3.8, 4) is 0 Å². The molecular weight excluding hydrogens is 382 g/mol. The molecular formula is C20H21NO6S. The lowest BCUT2D eigenvalue weighted by Gasteiger charge is -2.17. The summed E-state index contributed by atoms with van der Waals surface area (Å²) in [5.41, 5.74) is 2.35. The summed E-state index contributed by atoms with van der Waals surface area (Å²) in [6, 6.07) is 9.00. The van der Waals surface area contributed by atoms with Gasteiger partial charge in [0.15, 0.2) is 0 Å². The minimum atomic E-state index is -3.90. The third-order valence-corrected chi connectivity index (χ3v) is 6.04. The van der Waals surface area contributed by atoms with Crippen LogP contribution in [0.15, 0.2) is 41.3 Å². The summed E-state index contributed by atoms with van der Waals surface area (Å²) < 4.78 is 37.5. The molecule has 0 bridgehead atoms. The largest absolute Gasteiger partial charge is 0.465 e. The molecule has 2 aromatic carbocycles. The molecule has 1 aliphatic rings. The van der Waals surface area contributed by atoms with E-state index in [1.807, 2.05) is 6.07 Å². The molecule has 1 aliphatic carbocycles. The number of aryl methyl sites for hydroxylation is 2. The summed E-state index contributed by atoms with van der Waals surface area (Å²) in [6.07, 6.45) is 3.94. The van der Waals surface area contributed by atoms with E-state index in [2.05, 4.69) is 14.2 Å². The van der Waals surface area contributed by atoms with Crippen LogP contribution in [0.2, 0.25) is 0 Å². The number of hydrogen-bond donors (Lipinski definition) is 1. The van der Waals surface area contributed by atoms with E-state index in [1.54, 1.807) is 12.1 Å². The van der Waals surface area contributed by atoms with Gasteiger partial charge in [-0.15, -0.1) is 0 Å². The lowest BCUT2D eigenvalue weighted by molar-refractivity contribution is 0.0599. The normalized spacial score (nSPS) is 13.4. The van der Waals surface area contributed by atoms with Crippen LogP contribution >= 0.6 is 0 Å². The molecule has 0 unspecified atom stereocenters. The molecule has 8 heteroatoms. The van der Waals surface area contributed by atoms with E-state index in [1.165, 1.54) is 38.0 Å². The number of esters is 2. The van der Waals surface area contributed by atoms with Gasteiger partial charge in [0.25, 0.3) is 10.0 Å². The minimum Gasteiger partial charge on any atom is -0.465 e. The highest BCUT2D eigenvalue weighted by Crippen LogP contribution is 2.26. The van der Waals surface area contributed by atoms with Crippen LogP contribution in [0.1, 0.15) is 44.7 Å². The number of benzene rings is 2. The van der Waals surface area contributed by atoms with Gasteiger partial charge < -0.3 is 9.47 Å². The highest BCUT2D eigenvalue weighted by atomic mass is 32.2. The first-order valence-corrected chi connectivity index (χ1v) is 10.3. The average Bonchev–Trinajstić information content (AvgIpc) is 2.71. The first-order chi connectivity index (χ1) is 13.3. The molecule has 0 aromatic heterocycles. The number of sulfonamides is 1. The summed E-state index contributed by atoms with van der Waals surface area (Å²) in [6.45, 7) is 0. The maximum atomic E-state index is 12.8. The Morgan fingerprint density at radius 2 is 1.43 bits per heavy atom. The van der Waals surface area contributed by atoms with Crippen molar-refractivity contribution in [3.63, 3.8) is 0 Å². The van der Waals surface area contributed by atoms with Crippen molar-refractivity contribution < 1.29 is 27.5 Å². The molecule has 3 rings (SSSR count). The summed E-state index contributed by atoms with van der Waals surface area (Å²) in [5, 5.41) is 0. The second-order valence-electron chi connectivity index (χ2n) is 6.53. The molecule has 148 valence electrons. The number of anilines is 1. The molecule has 0 spiro atoms. The summed E-state index contributed by atoms with van der Waals surface area (Å²) in [4.78, 5) is 23.9. The number of ether oxygens (including phenoxy) is 2. The monoisotopic (exact) mass is 403 g/mol. The maximum Gasteiger partial charge on any atom is 0.337 e. The minimum absolute atomic E-state index is 0.0357. The molecule has 0 heterocycles. The van der Waals surface area contributed by atoms with E-state index < -0.39 is 22.0 Å². The molecule has 0 atom stereocenters. The SMILES string of the molecule is COC(=O)c1cc(NS(=O)(=O)c2ccc3c(c2)CCCC3)cc(C(=O)OC)c1. The lowest BCUT2D eigenvalue weighted by Crippen LogP contribution is -2.16. The zero-order chi connectivity index (χ0) is 20.3. The van der Waals surface area contributed by atoms with E-state index in [-0.39, 0.29) is 21.7 Å². The highest BCUT2D eigenvalue weighted by molar-refractivity contribution is 7.92. The van der Waals surface area contributed by atoms with Crippen LogP contribution in [0, 0.1) is 0 Å². The van der Waals surface area contributed by atoms with Crippen LogP contribution in [-0.2, 0) is 32.3 Å². The van der Waals surface area contributed by atoms with E-state index in [0.29, 0.717) is 0 Å². The van der Waals surface area contributed by atoms with Gasteiger partial charge in [0.2, 0.25) is 0 Å². The highest BCUT2D eigenvalue weighted by Gasteiger charge is 2.20. The number of nitrogens with one attached hydrogen (secondary N) is 1. The Morgan fingerprint density at radius 3 is 2.00 bits per heavy atom. The fraction of sp³-hybridized carbons (Fsp3) is 0.300. The van der Waals surface area contributed by atoms with Gasteiger partial charge in [-0.1, -0.05) is 6.07 Å². The Kier molecular flexibility index (Phi) is 5.69. The predicted molar refractivity (Wildman–Crippen MR) is 103 cm³/mol. The number of hydrogen-bond acceptors (Lipinski definition) is 6. The summed E-state index contributed by atoms with van der Waals surface area (Å²) >= 11 is 0. The van der Waals surface area contributed by atoms with Gasteiger partial charge in [-0.2, -0.15) is 0 Å². The van der Waals surface area contributed by atoms with Gasteiger partial charge >= 0.3 is 11.9 Å². The van der Waals surface area contributed by atoms with Crippen molar-refractivity contribution in [2.45, 2.75) is 30.6 Å². The van der Waals surface area contributed by atoms with E-state index in [4.69, 9.17) is 0 Å². The van der Waals surface area contributed by atoms with Gasteiger partial charge in [0.1, 0.15) is 0 Å². The van der Waals surface area contributed by atoms with Gasteiger partial charge in [-0.25, -0.2) is 18.0 Å². The van der Waals surface area contributed by atoms with E-state index >= 15 is 0 Å². The fourth-order valence-electron chi connectivity index (χ4n) is 3.25. The molecule has 2 aromatic rings. The van der Waals surface area contributed by atoms with Crippen molar-refractivity contribution in [1.29, 1.82) is 0 Å². The third-order valence-electron chi connectivity index (χ3n) is 4.66. The molecule has 0 fully saturated rings. The number of rotatable bonds is 5. The first kappa shape index (κ1) is 19.9. The Morgan fingerprint density at radius 1 is 0.857 bits per heavy atom. The maximum absolute atomic E-state index is 12.8. The van der Waals surface area contributed by atoms with Crippen LogP contribution in [-0.4, -0.2) is 34.6 Å². The standard InChI is InChI=1S/C20H21NO6S/c1-26-19(22)15-9-16(20(23)27-2)11-17(10-15)21-28(24,25)18-8-7-13-5-3-4-6-14(13)12-18/h7-12,21H,3-6H2,1-2H3. The third kappa shape index (κ3) is 4.17. The van der Waals surface area contributed by atoms with Gasteiger partial charge in [0, 0.05) is 0 Å². The Labute approximate surface area is 163 Å². The summed E-state index contributed by atoms with van der Waals surface area (Å²) in [5.74, 6) is -1.39. The molecule has 0 amide bonds. The van der Waals surface area contributed by atoms with Crippen molar-refractivity contribution in [2.75, 3.05) is 18.9 Å². The predicted octanol–water partition coefficient (Wildman–Crippen LogP) is 2.94. The smallest absolute Gasteiger partial charge is 0.337 e. The number of carbonyl (C=O) groups excluding carboxylic acids is 2. The molecule has 0 aliphatic heterocycles. The Bertz CT molecular complexity index is 995. The fourth-order valence-corrected chi connectivity index (χ4v) is 4.34. The Hall–Kier alpha value is -2.87. The van der Waals surface area contributed by atoms with Crippen LogP contribution in [0.5, 0.6) is 0 Å². The van der Waals surface area contributed by atoms with Crippen LogP contribution in [0.4, 0.5) is 5.69 Å². The average molecular weight is 403 g/mol. The van der Waals surface area contributed by atoms with Gasteiger partial charge in [0.05, 0.1) is 35.9 Å². The molecule has 0 saturated heterocycles. The first-order valence-electron chi connectivity index (χ1n) is 8.80. The lowest BCUT2D eigenvalue weighted by atomic mass is 9.92. The topological polar surface area (TPSA) is 98.8 Å². The number of fused-ring (bicyclic) bond motifs is 1. The quantitative estimate of drug-likeness (QED) is 0.771. The zero-order valence-corrected chi connectivity index (χ0v) is 16.5. The van der Waals surface area contributed by atoms with Crippen molar-refractivity contribution in [1.82, 2.24) is 0 Å². The molecule has 7 nitrogen and oxygen atoms in total. The van der Waals surface area contributed by atoms with Crippen molar-refractivity contribution in [3.05, 3.63) is 58.7 Å². The Balaban J connectivity index is 1.97. The molecule has 0 radical (unpaired) electrons.